The minimum absolute atomic E-state index is 0.587. The number of benzene rings is 1. The zero-order valence-corrected chi connectivity index (χ0v) is 11.4. The monoisotopic (exact) mass is 252 g/mol. The van der Waals surface area contributed by atoms with Crippen molar-refractivity contribution >= 4 is 5.69 Å². The van der Waals surface area contributed by atoms with Crippen LogP contribution in [0.1, 0.15) is 30.5 Å². The summed E-state index contributed by atoms with van der Waals surface area (Å²) in [5.74, 6) is 0.587. The lowest BCUT2D eigenvalue weighted by Gasteiger charge is -2.33. The van der Waals surface area contributed by atoms with Gasteiger partial charge in [-0.25, -0.2) is 0 Å². The first-order valence-electron chi connectivity index (χ1n) is 7.08. The van der Waals surface area contributed by atoms with Crippen molar-refractivity contribution in [3.05, 3.63) is 59.9 Å². The Morgan fingerprint density at radius 2 is 2.00 bits per heavy atom. The SMILES string of the molecule is CC1CCN(CCc2ccccc2)c2cccnc21. The van der Waals surface area contributed by atoms with Crippen LogP contribution < -0.4 is 4.90 Å². The Hall–Kier alpha value is -1.83. The summed E-state index contributed by atoms with van der Waals surface area (Å²) in [6.45, 7) is 4.50. The summed E-state index contributed by atoms with van der Waals surface area (Å²) in [6.07, 6.45) is 4.22. The molecule has 2 heteroatoms. The summed E-state index contributed by atoms with van der Waals surface area (Å²) < 4.78 is 0. The van der Waals surface area contributed by atoms with Gasteiger partial charge in [0.25, 0.3) is 0 Å². The predicted molar refractivity (Wildman–Crippen MR) is 79.6 cm³/mol. The maximum absolute atomic E-state index is 4.56. The standard InChI is InChI=1S/C17H20N2/c1-14-9-12-19(16-8-5-11-18-17(14)16)13-10-15-6-3-2-4-7-15/h2-8,11,14H,9-10,12-13H2,1H3. The van der Waals surface area contributed by atoms with Gasteiger partial charge < -0.3 is 4.90 Å². The molecule has 2 heterocycles. The minimum atomic E-state index is 0.587. The van der Waals surface area contributed by atoms with Crippen LogP contribution in [0.25, 0.3) is 0 Å². The minimum Gasteiger partial charge on any atom is -0.370 e. The molecule has 2 aromatic rings. The van der Waals surface area contributed by atoms with Crippen molar-refractivity contribution in [1.29, 1.82) is 0 Å². The van der Waals surface area contributed by atoms with Gasteiger partial charge in [-0.3, -0.25) is 4.98 Å². The van der Waals surface area contributed by atoms with Crippen LogP contribution in [0.5, 0.6) is 0 Å². The molecule has 0 saturated heterocycles. The summed E-state index contributed by atoms with van der Waals surface area (Å²) >= 11 is 0. The largest absolute Gasteiger partial charge is 0.370 e. The number of rotatable bonds is 3. The van der Waals surface area contributed by atoms with Crippen molar-refractivity contribution in [2.75, 3.05) is 18.0 Å². The maximum Gasteiger partial charge on any atom is 0.0665 e. The molecule has 1 aliphatic heterocycles. The van der Waals surface area contributed by atoms with Gasteiger partial charge in [0.2, 0.25) is 0 Å². The van der Waals surface area contributed by atoms with Crippen molar-refractivity contribution in [3.8, 4) is 0 Å². The third kappa shape index (κ3) is 2.62. The Bertz CT molecular complexity index is 536. The first kappa shape index (κ1) is 12.2. The number of hydrogen-bond acceptors (Lipinski definition) is 2. The molecule has 1 aromatic carbocycles. The second kappa shape index (κ2) is 5.43. The molecule has 1 aromatic heterocycles. The van der Waals surface area contributed by atoms with E-state index in [0.717, 1.165) is 19.5 Å². The zero-order valence-electron chi connectivity index (χ0n) is 11.4. The average molecular weight is 252 g/mol. The Kier molecular flexibility index (Phi) is 3.49. The van der Waals surface area contributed by atoms with Crippen LogP contribution >= 0.6 is 0 Å². The molecular formula is C17H20N2. The second-order valence-corrected chi connectivity index (χ2v) is 5.32. The molecule has 19 heavy (non-hydrogen) atoms. The molecular weight excluding hydrogens is 232 g/mol. The van der Waals surface area contributed by atoms with Crippen molar-refractivity contribution in [2.24, 2.45) is 0 Å². The van der Waals surface area contributed by atoms with Crippen LogP contribution in [0.2, 0.25) is 0 Å². The molecule has 0 bridgehead atoms. The van der Waals surface area contributed by atoms with E-state index in [0.29, 0.717) is 5.92 Å². The molecule has 1 unspecified atom stereocenters. The molecule has 0 amide bonds. The van der Waals surface area contributed by atoms with E-state index < -0.39 is 0 Å². The van der Waals surface area contributed by atoms with E-state index in [9.17, 15) is 0 Å². The summed E-state index contributed by atoms with van der Waals surface area (Å²) in [4.78, 5) is 7.05. The molecule has 2 nitrogen and oxygen atoms in total. The maximum atomic E-state index is 4.56. The summed E-state index contributed by atoms with van der Waals surface area (Å²) in [5.41, 5.74) is 4.01. The predicted octanol–water partition coefficient (Wildman–Crippen LogP) is 3.64. The summed E-state index contributed by atoms with van der Waals surface area (Å²) in [7, 11) is 0. The number of pyridine rings is 1. The van der Waals surface area contributed by atoms with Gasteiger partial charge in [-0.15, -0.1) is 0 Å². The third-order valence-corrected chi connectivity index (χ3v) is 3.97. The van der Waals surface area contributed by atoms with Crippen LogP contribution in [0.15, 0.2) is 48.7 Å². The van der Waals surface area contributed by atoms with E-state index in [-0.39, 0.29) is 0 Å². The van der Waals surface area contributed by atoms with Crippen molar-refractivity contribution in [1.82, 2.24) is 4.98 Å². The second-order valence-electron chi connectivity index (χ2n) is 5.32. The highest BCUT2D eigenvalue weighted by Crippen LogP contribution is 2.32. The Morgan fingerprint density at radius 1 is 1.16 bits per heavy atom. The van der Waals surface area contributed by atoms with Gasteiger partial charge in [0, 0.05) is 25.2 Å². The summed E-state index contributed by atoms with van der Waals surface area (Å²) in [6, 6.07) is 15.0. The lowest BCUT2D eigenvalue weighted by Crippen LogP contribution is -2.32. The average Bonchev–Trinajstić information content (AvgIpc) is 2.48. The fraction of sp³-hybridized carbons (Fsp3) is 0.353. The van der Waals surface area contributed by atoms with Gasteiger partial charge in [-0.2, -0.15) is 0 Å². The number of fused-ring (bicyclic) bond motifs is 1. The highest BCUT2D eigenvalue weighted by atomic mass is 15.1. The van der Waals surface area contributed by atoms with Gasteiger partial charge in [-0.1, -0.05) is 37.3 Å². The van der Waals surface area contributed by atoms with Crippen LogP contribution in [0.3, 0.4) is 0 Å². The van der Waals surface area contributed by atoms with E-state index in [2.05, 4.69) is 53.2 Å². The van der Waals surface area contributed by atoms with Gasteiger partial charge in [0.15, 0.2) is 0 Å². The Morgan fingerprint density at radius 3 is 2.84 bits per heavy atom. The van der Waals surface area contributed by atoms with E-state index in [1.54, 1.807) is 0 Å². The van der Waals surface area contributed by atoms with Gasteiger partial charge in [0.1, 0.15) is 0 Å². The number of hydrogen-bond donors (Lipinski definition) is 0. The molecule has 0 spiro atoms. The Labute approximate surface area is 115 Å². The molecule has 1 atom stereocenters. The lowest BCUT2D eigenvalue weighted by molar-refractivity contribution is 0.594. The molecule has 1 aliphatic rings. The molecule has 98 valence electrons. The van der Waals surface area contributed by atoms with E-state index in [4.69, 9.17) is 0 Å². The normalized spacial score (nSPS) is 18.2. The molecule has 0 saturated carbocycles. The molecule has 0 radical (unpaired) electrons. The molecule has 0 aliphatic carbocycles. The smallest absolute Gasteiger partial charge is 0.0665 e. The topological polar surface area (TPSA) is 16.1 Å². The van der Waals surface area contributed by atoms with Crippen molar-refractivity contribution in [2.45, 2.75) is 25.7 Å². The first-order chi connectivity index (χ1) is 9.34. The van der Waals surface area contributed by atoms with Crippen LogP contribution in [0.4, 0.5) is 5.69 Å². The lowest BCUT2D eigenvalue weighted by atomic mass is 9.96. The van der Waals surface area contributed by atoms with Crippen molar-refractivity contribution in [3.63, 3.8) is 0 Å². The quantitative estimate of drug-likeness (QED) is 0.829. The highest BCUT2D eigenvalue weighted by molar-refractivity contribution is 5.53. The molecule has 0 N–H and O–H groups in total. The van der Waals surface area contributed by atoms with Crippen LogP contribution in [-0.4, -0.2) is 18.1 Å². The zero-order chi connectivity index (χ0) is 13.1. The first-order valence-corrected chi connectivity index (χ1v) is 7.08. The summed E-state index contributed by atoms with van der Waals surface area (Å²) in [5, 5.41) is 0. The van der Waals surface area contributed by atoms with E-state index in [1.165, 1.54) is 23.4 Å². The van der Waals surface area contributed by atoms with Crippen LogP contribution in [0, 0.1) is 0 Å². The fourth-order valence-electron chi connectivity index (χ4n) is 2.80. The fourth-order valence-corrected chi connectivity index (χ4v) is 2.80. The van der Waals surface area contributed by atoms with Gasteiger partial charge in [-0.05, 0) is 30.5 Å². The third-order valence-electron chi connectivity index (χ3n) is 3.97. The van der Waals surface area contributed by atoms with E-state index in [1.807, 2.05) is 12.3 Å². The number of aromatic nitrogens is 1. The number of nitrogens with zero attached hydrogens (tertiary/aromatic N) is 2. The van der Waals surface area contributed by atoms with Crippen molar-refractivity contribution < 1.29 is 0 Å². The van der Waals surface area contributed by atoms with Gasteiger partial charge >= 0.3 is 0 Å². The van der Waals surface area contributed by atoms with Gasteiger partial charge in [0.05, 0.1) is 11.4 Å². The number of anilines is 1. The Balaban J connectivity index is 1.74. The van der Waals surface area contributed by atoms with E-state index >= 15 is 0 Å². The van der Waals surface area contributed by atoms with Crippen LogP contribution in [-0.2, 0) is 6.42 Å². The molecule has 3 rings (SSSR count). The molecule has 0 fully saturated rings. The highest BCUT2D eigenvalue weighted by Gasteiger charge is 2.22.